The number of ether oxygens (including phenoxy) is 1. The summed E-state index contributed by atoms with van der Waals surface area (Å²) in [7, 11) is 0. The van der Waals surface area contributed by atoms with Crippen molar-refractivity contribution in [2.24, 2.45) is 17.8 Å². The van der Waals surface area contributed by atoms with Crippen LogP contribution in [0.4, 0.5) is 4.79 Å². The minimum atomic E-state index is -0.380. The molecule has 3 rings (SSSR count). The number of Topliss-reactive ketones (excluding diaryl/α,β-unsaturated/α-hetero) is 1. The topological polar surface area (TPSA) is 46.6 Å². The molecule has 19 heavy (non-hydrogen) atoms. The molecule has 100 valence electrons. The molecule has 2 fully saturated rings. The fraction of sp³-hybridized carbons (Fsp3) is 0.467. The van der Waals surface area contributed by atoms with E-state index in [1.54, 1.807) is 0 Å². The maximum absolute atomic E-state index is 11.9. The lowest BCUT2D eigenvalue weighted by Gasteiger charge is -2.24. The van der Waals surface area contributed by atoms with E-state index in [-0.39, 0.29) is 30.9 Å². The number of amides is 1. The number of hydrogen-bond donors (Lipinski definition) is 0. The molecule has 1 aliphatic carbocycles. The van der Waals surface area contributed by atoms with E-state index in [0.717, 1.165) is 5.56 Å². The third kappa shape index (κ3) is 2.35. The molecular formula is C15H17NO3. The van der Waals surface area contributed by atoms with Crippen molar-refractivity contribution in [2.45, 2.75) is 13.5 Å². The van der Waals surface area contributed by atoms with Crippen LogP contribution in [-0.2, 0) is 16.1 Å². The Morgan fingerprint density at radius 1 is 1.37 bits per heavy atom. The molecule has 0 radical (unpaired) electrons. The summed E-state index contributed by atoms with van der Waals surface area (Å²) in [5, 5.41) is 0. The van der Waals surface area contributed by atoms with Crippen LogP contribution in [0.1, 0.15) is 12.5 Å². The molecule has 1 aromatic carbocycles. The van der Waals surface area contributed by atoms with Gasteiger partial charge in [-0.2, -0.15) is 0 Å². The zero-order chi connectivity index (χ0) is 13.4. The van der Waals surface area contributed by atoms with Crippen molar-refractivity contribution in [1.82, 2.24) is 4.90 Å². The van der Waals surface area contributed by atoms with E-state index >= 15 is 0 Å². The van der Waals surface area contributed by atoms with Gasteiger partial charge in [-0.3, -0.25) is 4.79 Å². The maximum Gasteiger partial charge on any atom is 0.410 e. The summed E-state index contributed by atoms with van der Waals surface area (Å²) in [5.41, 5.74) is 0.955. The first kappa shape index (κ1) is 12.2. The number of fused-ring (bicyclic) bond motifs is 1. The molecule has 4 nitrogen and oxygen atoms in total. The molecule has 1 saturated carbocycles. The standard InChI is InChI=1S/C15H17NO3/c1-10-12-7-16(8-13(17)14(10)12)15(18)19-9-11-5-3-2-4-6-11/h2-6,10,12,14H,7-9H2,1H3. The number of nitrogens with zero attached hydrogens (tertiary/aromatic N) is 1. The number of piperidine rings is 1. The Morgan fingerprint density at radius 2 is 2.11 bits per heavy atom. The molecule has 4 heteroatoms. The highest BCUT2D eigenvalue weighted by Crippen LogP contribution is 2.49. The lowest BCUT2D eigenvalue weighted by molar-refractivity contribution is -0.123. The van der Waals surface area contributed by atoms with Crippen LogP contribution in [0, 0.1) is 17.8 Å². The zero-order valence-electron chi connectivity index (χ0n) is 10.9. The fourth-order valence-corrected chi connectivity index (χ4v) is 2.92. The van der Waals surface area contributed by atoms with Gasteiger partial charge in [0.05, 0.1) is 6.54 Å². The van der Waals surface area contributed by atoms with E-state index in [2.05, 4.69) is 6.92 Å². The van der Waals surface area contributed by atoms with E-state index in [1.807, 2.05) is 30.3 Å². The second-order valence-electron chi connectivity index (χ2n) is 5.44. The number of ketones is 1. The van der Waals surface area contributed by atoms with E-state index in [0.29, 0.717) is 18.4 Å². The molecule has 1 aliphatic heterocycles. The number of rotatable bonds is 2. The Bertz CT molecular complexity index is 499. The summed E-state index contributed by atoms with van der Waals surface area (Å²) in [5.74, 6) is 1.16. The summed E-state index contributed by atoms with van der Waals surface area (Å²) in [6.45, 7) is 3.20. The highest BCUT2D eigenvalue weighted by molar-refractivity contribution is 5.90. The van der Waals surface area contributed by atoms with Crippen molar-refractivity contribution in [3.05, 3.63) is 35.9 Å². The smallest absolute Gasteiger partial charge is 0.410 e. The van der Waals surface area contributed by atoms with Crippen LogP contribution >= 0.6 is 0 Å². The molecule has 1 amide bonds. The number of likely N-dealkylation sites (tertiary alicyclic amines) is 1. The number of benzene rings is 1. The van der Waals surface area contributed by atoms with E-state index in [1.165, 1.54) is 4.90 Å². The number of carbonyl (C=O) groups is 2. The van der Waals surface area contributed by atoms with Crippen LogP contribution in [0.3, 0.4) is 0 Å². The van der Waals surface area contributed by atoms with Gasteiger partial charge in [0.2, 0.25) is 0 Å². The third-order valence-electron chi connectivity index (χ3n) is 4.18. The third-order valence-corrected chi connectivity index (χ3v) is 4.18. The molecule has 0 bridgehead atoms. The first-order valence-corrected chi connectivity index (χ1v) is 6.65. The van der Waals surface area contributed by atoms with Gasteiger partial charge in [-0.1, -0.05) is 37.3 Å². The quantitative estimate of drug-likeness (QED) is 0.817. The largest absolute Gasteiger partial charge is 0.445 e. The van der Waals surface area contributed by atoms with Crippen LogP contribution < -0.4 is 0 Å². The van der Waals surface area contributed by atoms with Crippen LogP contribution in [0.25, 0.3) is 0 Å². The monoisotopic (exact) mass is 259 g/mol. The van der Waals surface area contributed by atoms with Gasteiger partial charge >= 0.3 is 6.09 Å². The van der Waals surface area contributed by atoms with Crippen molar-refractivity contribution in [3.63, 3.8) is 0 Å². The molecule has 1 heterocycles. The summed E-state index contributed by atoms with van der Waals surface area (Å²) in [6, 6.07) is 9.55. The lowest BCUT2D eigenvalue weighted by Crippen LogP contribution is -2.41. The first-order valence-electron chi connectivity index (χ1n) is 6.65. The minimum Gasteiger partial charge on any atom is -0.445 e. The molecular weight excluding hydrogens is 242 g/mol. The Labute approximate surface area is 112 Å². The average molecular weight is 259 g/mol. The van der Waals surface area contributed by atoms with Crippen LogP contribution in [-0.4, -0.2) is 29.9 Å². The predicted molar refractivity (Wildman–Crippen MR) is 69.4 cm³/mol. The van der Waals surface area contributed by atoms with Crippen LogP contribution in [0.5, 0.6) is 0 Å². The van der Waals surface area contributed by atoms with Crippen molar-refractivity contribution < 1.29 is 14.3 Å². The van der Waals surface area contributed by atoms with Crippen molar-refractivity contribution in [1.29, 1.82) is 0 Å². The van der Waals surface area contributed by atoms with Crippen molar-refractivity contribution in [3.8, 4) is 0 Å². The second-order valence-corrected chi connectivity index (χ2v) is 5.44. The highest BCUT2D eigenvalue weighted by Gasteiger charge is 2.55. The molecule has 0 N–H and O–H groups in total. The van der Waals surface area contributed by atoms with E-state index in [4.69, 9.17) is 4.74 Å². The Kier molecular flexibility index (Phi) is 3.01. The highest BCUT2D eigenvalue weighted by atomic mass is 16.6. The second kappa shape index (κ2) is 4.68. The summed E-state index contributed by atoms with van der Waals surface area (Å²) in [4.78, 5) is 25.3. The average Bonchev–Trinajstić information content (AvgIpc) is 3.09. The number of hydrogen-bond acceptors (Lipinski definition) is 3. The van der Waals surface area contributed by atoms with Gasteiger partial charge in [-0.25, -0.2) is 4.79 Å². The molecule has 1 saturated heterocycles. The van der Waals surface area contributed by atoms with Gasteiger partial charge in [0.25, 0.3) is 0 Å². The minimum absolute atomic E-state index is 0.181. The zero-order valence-corrected chi connectivity index (χ0v) is 10.9. The molecule has 3 atom stereocenters. The van der Waals surface area contributed by atoms with Gasteiger partial charge in [-0.05, 0) is 17.4 Å². The first-order chi connectivity index (χ1) is 9.16. The van der Waals surface area contributed by atoms with Crippen LogP contribution in [0.15, 0.2) is 30.3 Å². The van der Waals surface area contributed by atoms with Gasteiger partial charge in [0.15, 0.2) is 5.78 Å². The van der Waals surface area contributed by atoms with E-state index < -0.39 is 0 Å². The molecule has 3 unspecified atom stereocenters. The SMILES string of the molecule is CC1C2CN(C(=O)OCc3ccccc3)CC(=O)C12. The van der Waals surface area contributed by atoms with Gasteiger partial charge in [0, 0.05) is 12.5 Å². The van der Waals surface area contributed by atoms with Crippen LogP contribution in [0.2, 0.25) is 0 Å². The van der Waals surface area contributed by atoms with Gasteiger partial charge < -0.3 is 9.64 Å². The predicted octanol–water partition coefficient (Wildman–Crippen LogP) is 2.09. The Morgan fingerprint density at radius 3 is 2.79 bits per heavy atom. The normalized spacial score (nSPS) is 28.8. The van der Waals surface area contributed by atoms with Gasteiger partial charge in [-0.15, -0.1) is 0 Å². The Balaban J connectivity index is 1.55. The lowest BCUT2D eigenvalue weighted by atomic mass is 10.1. The Hall–Kier alpha value is -1.84. The summed E-state index contributed by atoms with van der Waals surface area (Å²) < 4.78 is 5.25. The van der Waals surface area contributed by atoms with Gasteiger partial charge in [0.1, 0.15) is 6.61 Å². The van der Waals surface area contributed by atoms with Crippen molar-refractivity contribution in [2.75, 3.05) is 13.1 Å². The molecule has 0 spiro atoms. The van der Waals surface area contributed by atoms with E-state index in [9.17, 15) is 9.59 Å². The molecule has 1 aromatic rings. The summed E-state index contributed by atoms with van der Waals surface area (Å²) in [6.07, 6.45) is -0.380. The maximum atomic E-state index is 11.9. The molecule has 0 aromatic heterocycles. The van der Waals surface area contributed by atoms with Crippen molar-refractivity contribution >= 4 is 11.9 Å². The molecule has 2 aliphatic rings. The number of carbonyl (C=O) groups excluding carboxylic acids is 2. The fourth-order valence-electron chi connectivity index (χ4n) is 2.92. The summed E-state index contributed by atoms with van der Waals surface area (Å²) >= 11 is 0.